The Balaban J connectivity index is 1.90. The van der Waals surface area contributed by atoms with Gasteiger partial charge in [-0.05, 0) is 12.1 Å². The summed E-state index contributed by atoms with van der Waals surface area (Å²) in [6, 6.07) is 6.88. The fraction of sp³-hybridized carbons (Fsp3) is 0.429. The van der Waals surface area contributed by atoms with Crippen molar-refractivity contribution < 1.29 is 19.1 Å². The summed E-state index contributed by atoms with van der Waals surface area (Å²) in [4.78, 5) is 23.1. The van der Waals surface area contributed by atoms with E-state index in [1.165, 1.54) is 0 Å². The van der Waals surface area contributed by atoms with Gasteiger partial charge in [-0.2, -0.15) is 0 Å². The second-order valence-electron chi connectivity index (χ2n) is 4.54. The van der Waals surface area contributed by atoms with Gasteiger partial charge in [0.15, 0.2) is 6.61 Å². The van der Waals surface area contributed by atoms with Crippen LogP contribution in [0.2, 0.25) is 0 Å². The highest BCUT2D eigenvalue weighted by Crippen LogP contribution is 2.17. The van der Waals surface area contributed by atoms with Crippen molar-refractivity contribution in [1.29, 1.82) is 0 Å². The van der Waals surface area contributed by atoms with Crippen molar-refractivity contribution in [2.45, 2.75) is 6.10 Å². The number of morpholine rings is 1. The molecular formula is C14H19N3O4. The molecule has 0 saturated carbocycles. The molecule has 1 atom stereocenters. The standard InChI is InChI=1S/C14H19N3O4/c1-15-13(18)9-21-11-4-2-3-10(7-11)17-14(19)12-8-16-5-6-20-12/h2-4,7,12,16H,5-6,8-9H2,1H3,(H,15,18)(H,17,19). The lowest BCUT2D eigenvalue weighted by Gasteiger charge is -2.22. The van der Waals surface area contributed by atoms with Crippen LogP contribution in [0, 0.1) is 0 Å². The Morgan fingerprint density at radius 3 is 3.05 bits per heavy atom. The molecule has 2 amide bonds. The number of rotatable bonds is 5. The summed E-state index contributed by atoms with van der Waals surface area (Å²) in [6.07, 6.45) is -0.491. The SMILES string of the molecule is CNC(=O)COc1cccc(NC(=O)C2CNCCO2)c1. The molecule has 0 aliphatic carbocycles. The van der Waals surface area contributed by atoms with Crippen LogP contribution in [0.15, 0.2) is 24.3 Å². The first kappa shape index (κ1) is 15.3. The van der Waals surface area contributed by atoms with Crippen molar-refractivity contribution in [1.82, 2.24) is 10.6 Å². The number of likely N-dealkylation sites (N-methyl/N-ethyl adjacent to an activating group) is 1. The molecule has 0 bridgehead atoms. The van der Waals surface area contributed by atoms with Crippen LogP contribution in [0.4, 0.5) is 5.69 Å². The van der Waals surface area contributed by atoms with E-state index in [-0.39, 0.29) is 18.4 Å². The molecule has 7 nitrogen and oxygen atoms in total. The van der Waals surface area contributed by atoms with E-state index in [1.807, 2.05) is 0 Å². The van der Waals surface area contributed by atoms with Gasteiger partial charge in [0.05, 0.1) is 6.61 Å². The lowest BCUT2D eigenvalue weighted by molar-refractivity contribution is -0.128. The van der Waals surface area contributed by atoms with Gasteiger partial charge in [0.25, 0.3) is 11.8 Å². The normalized spacial score (nSPS) is 17.9. The molecule has 7 heteroatoms. The summed E-state index contributed by atoms with van der Waals surface area (Å²) in [5.41, 5.74) is 0.601. The van der Waals surface area contributed by atoms with E-state index in [0.29, 0.717) is 24.6 Å². The fourth-order valence-corrected chi connectivity index (χ4v) is 1.84. The predicted octanol–water partition coefficient (Wildman–Crippen LogP) is -0.262. The maximum atomic E-state index is 12.0. The molecule has 21 heavy (non-hydrogen) atoms. The van der Waals surface area contributed by atoms with Crippen LogP contribution in [-0.4, -0.2) is 51.3 Å². The Morgan fingerprint density at radius 1 is 1.48 bits per heavy atom. The van der Waals surface area contributed by atoms with Crippen LogP contribution < -0.4 is 20.7 Å². The number of ether oxygens (including phenoxy) is 2. The van der Waals surface area contributed by atoms with Gasteiger partial charge in [0.1, 0.15) is 11.9 Å². The van der Waals surface area contributed by atoms with E-state index in [2.05, 4.69) is 16.0 Å². The molecule has 0 radical (unpaired) electrons. The quantitative estimate of drug-likeness (QED) is 0.696. The molecule has 1 heterocycles. The van der Waals surface area contributed by atoms with Crippen LogP contribution in [0.25, 0.3) is 0 Å². The molecule has 1 aromatic carbocycles. The van der Waals surface area contributed by atoms with Crippen LogP contribution >= 0.6 is 0 Å². The number of carbonyl (C=O) groups is 2. The molecule has 0 spiro atoms. The van der Waals surface area contributed by atoms with Gasteiger partial charge in [0, 0.05) is 31.9 Å². The molecule has 114 valence electrons. The Bertz CT molecular complexity index is 501. The van der Waals surface area contributed by atoms with Gasteiger partial charge in [-0.15, -0.1) is 0 Å². The maximum Gasteiger partial charge on any atom is 0.257 e. The Kier molecular flexibility index (Phi) is 5.53. The van der Waals surface area contributed by atoms with E-state index in [0.717, 1.165) is 6.54 Å². The second kappa shape index (κ2) is 7.61. The van der Waals surface area contributed by atoms with Gasteiger partial charge >= 0.3 is 0 Å². The summed E-state index contributed by atoms with van der Waals surface area (Å²) in [6.45, 7) is 1.71. The third-order valence-corrected chi connectivity index (χ3v) is 2.97. The summed E-state index contributed by atoms with van der Waals surface area (Å²) in [5, 5.41) is 8.33. The van der Waals surface area contributed by atoms with Crippen molar-refractivity contribution >= 4 is 17.5 Å². The van der Waals surface area contributed by atoms with E-state index in [4.69, 9.17) is 9.47 Å². The van der Waals surface area contributed by atoms with Gasteiger partial charge in [-0.1, -0.05) is 6.07 Å². The summed E-state index contributed by atoms with van der Waals surface area (Å²) < 4.78 is 10.7. The molecule has 1 unspecified atom stereocenters. The minimum absolute atomic E-state index is 0.0659. The van der Waals surface area contributed by atoms with Crippen LogP contribution in [0.3, 0.4) is 0 Å². The number of benzene rings is 1. The Morgan fingerprint density at radius 2 is 2.33 bits per heavy atom. The summed E-state index contributed by atoms with van der Waals surface area (Å²) >= 11 is 0. The molecule has 1 saturated heterocycles. The molecular weight excluding hydrogens is 274 g/mol. The zero-order valence-corrected chi connectivity index (χ0v) is 11.8. The second-order valence-corrected chi connectivity index (χ2v) is 4.54. The monoisotopic (exact) mass is 293 g/mol. The minimum atomic E-state index is -0.491. The first-order valence-corrected chi connectivity index (χ1v) is 6.75. The highest BCUT2D eigenvalue weighted by Gasteiger charge is 2.21. The number of amides is 2. The summed E-state index contributed by atoms with van der Waals surface area (Å²) in [5.74, 6) is 0.0934. The van der Waals surface area contributed by atoms with E-state index in [9.17, 15) is 9.59 Å². The summed E-state index contributed by atoms with van der Waals surface area (Å²) in [7, 11) is 1.54. The van der Waals surface area contributed by atoms with Gasteiger partial charge in [-0.3, -0.25) is 9.59 Å². The molecule has 1 aromatic rings. The molecule has 2 rings (SSSR count). The number of nitrogens with one attached hydrogen (secondary N) is 3. The molecule has 3 N–H and O–H groups in total. The largest absolute Gasteiger partial charge is 0.484 e. The third-order valence-electron chi connectivity index (χ3n) is 2.97. The van der Waals surface area contributed by atoms with Gasteiger partial charge in [-0.25, -0.2) is 0 Å². The van der Waals surface area contributed by atoms with Crippen molar-refractivity contribution in [2.75, 3.05) is 38.7 Å². The molecule has 1 aliphatic rings. The van der Waals surface area contributed by atoms with Crippen molar-refractivity contribution in [2.24, 2.45) is 0 Å². The first-order valence-electron chi connectivity index (χ1n) is 6.75. The minimum Gasteiger partial charge on any atom is -0.484 e. The topological polar surface area (TPSA) is 88.7 Å². The number of hydrogen-bond acceptors (Lipinski definition) is 5. The van der Waals surface area contributed by atoms with Crippen LogP contribution in [0.5, 0.6) is 5.75 Å². The predicted molar refractivity (Wildman–Crippen MR) is 77.2 cm³/mol. The van der Waals surface area contributed by atoms with E-state index < -0.39 is 6.10 Å². The average Bonchev–Trinajstić information content (AvgIpc) is 2.53. The van der Waals surface area contributed by atoms with E-state index in [1.54, 1.807) is 31.3 Å². The number of anilines is 1. The number of carbonyl (C=O) groups excluding carboxylic acids is 2. The molecule has 1 fully saturated rings. The highest BCUT2D eigenvalue weighted by molar-refractivity contribution is 5.94. The van der Waals surface area contributed by atoms with Crippen molar-refractivity contribution in [3.05, 3.63) is 24.3 Å². The lowest BCUT2D eigenvalue weighted by Crippen LogP contribution is -2.45. The van der Waals surface area contributed by atoms with Gasteiger partial charge in [0.2, 0.25) is 0 Å². The smallest absolute Gasteiger partial charge is 0.257 e. The van der Waals surface area contributed by atoms with E-state index >= 15 is 0 Å². The molecule has 0 aromatic heterocycles. The van der Waals surface area contributed by atoms with Crippen molar-refractivity contribution in [3.63, 3.8) is 0 Å². The zero-order valence-electron chi connectivity index (χ0n) is 11.8. The van der Waals surface area contributed by atoms with Crippen LogP contribution in [0.1, 0.15) is 0 Å². The fourth-order valence-electron chi connectivity index (χ4n) is 1.84. The molecule has 1 aliphatic heterocycles. The average molecular weight is 293 g/mol. The third kappa shape index (κ3) is 4.73. The number of hydrogen-bond donors (Lipinski definition) is 3. The highest BCUT2D eigenvalue weighted by atomic mass is 16.5. The maximum absolute atomic E-state index is 12.0. The van der Waals surface area contributed by atoms with Gasteiger partial charge < -0.3 is 25.4 Å². The Labute approximate surface area is 123 Å². The van der Waals surface area contributed by atoms with Crippen LogP contribution in [-0.2, 0) is 14.3 Å². The lowest BCUT2D eigenvalue weighted by atomic mass is 10.2. The Hall–Kier alpha value is -2.12. The van der Waals surface area contributed by atoms with Crippen molar-refractivity contribution in [3.8, 4) is 5.75 Å². The first-order chi connectivity index (χ1) is 10.2. The zero-order chi connectivity index (χ0) is 15.1.